The third kappa shape index (κ3) is 6.24. The van der Waals surface area contributed by atoms with Crippen molar-refractivity contribution in [2.75, 3.05) is 0 Å². The van der Waals surface area contributed by atoms with Crippen molar-refractivity contribution < 1.29 is 10.0 Å². The second kappa shape index (κ2) is 11.4. The summed E-state index contributed by atoms with van der Waals surface area (Å²) in [5.41, 5.74) is 0.506. The molecule has 0 radical (unpaired) electrons. The number of nitro benzene ring substituents is 1. The number of benzene rings is 4. The third-order valence-corrected chi connectivity index (χ3v) is 7.51. The molecular weight excluding hydrogens is 473 g/mol. The van der Waals surface area contributed by atoms with Crippen LogP contribution < -0.4 is 15.9 Å². The van der Waals surface area contributed by atoms with Crippen LogP contribution in [0.15, 0.2) is 109 Å². The van der Waals surface area contributed by atoms with E-state index in [1.54, 1.807) is 0 Å². The van der Waals surface area contributed by atoms with Gasteiger partial charge in [0, 0.05) is 23.0 Å². The first-order chi connectivity index (χ1) is 15.1. The highest BCUT2D eigenvalue weighted by molar-refractivity contribution is 9.08. The van der Waals surface area contributed by atoms with Crippen molar-refractivity contribution in [1.29, 1.82) is 0 Å². The lowest BCUT2D eigenvalue weighted by Crippen LogP contribution is -2.20. The molecule has 4 rings (SSSR count). The number of rotatable bonds is 5. The molecule has 0 aromatic heterocycles. The number of nitrogens with zero attached hydrogens (tertiary/aromatic N) is 1. The van der Waals surface area contributed by atoms with Crippen LogP contribution in [0.25, 0.3) is 0 Å². The number of nitro groups is 1. The van der Waals surface area contributed by atoms with Crippen LogP contribution in [0.1, 0.15) is 5.56 Å². The van der Waals surface area contributed by atoms with E-state index in [1.165, 1.54) is 34.1 Å². The molecule has 0 saturated carbocycles. The molecule has 0 atom stereocenters. The normalized spacial score (nSPS) is 10.3. The molecular formula is C25H21BrNO3P. The lowest BCUT2D eigenvalue weighted by Gasteiger charge is -2.18. The van der Waals surface area contributed by atoms with Crippen molar-refractivity contribution in [2.45, 2.75) is 5.33 Å². The Morgan fingerprint density at radius 1 is 0.742 bits per heavy atom. The summed E-state index contributed by atoms with van der Waals surface area (Å²) in [6.07, 6.45) is 0. The zero-order chi connectivity index (χ0) is 22.1. The summed E-state index contributed by atoms with van der Waals surface area (Å²) in [6, 6.07) is 36.2. The van der Waals surface area contributed by atoms with Crippen molar-refractivity contribution in [2.24, 2.45) is 0 Å². The molecule has 6 heteroatoms. The number of phenols is 1. The monoisotopic (exact) mass is 493 g/mol. The van der Waals surface area contributed by atoms with Gasteiger partial charge in [0.15, 0.2) is 0 Å². The van der Waals surface area contributed by atoms with Crippen molar-refractivity contribution in [3.63, 3.8) is 0 Å². The van der Waals surface area contributed by atoms with E-state index in [1.807, 2.05) is 0 Å². The van der Waals surface area contributed by atoms with E-state index < -0.39 is 12.8 Å². The Hall–Kier alpha value is -3.01. The van der Waals surface area contributed by atoms with Crippen molar-refractivity contribution in [1.82, 2.24) is 0 Å². The first-order valence-corrected chi connectivity index (χ1v) is 12.0. The predicted molar refractivity (Wildman–Crippen MR) is 133 cm³/mol. The molecule has 156 valence electrons. The molecule has 0 bridgehead atoms. The number of phenolic OH excluding ortho intramolecular Hbond substituents is 1. The number of halogens is 1. The Kier molecular flexibility index (Phi) is 8.34. The number of hydrogen-bond acceptors (Lipinski definition) is 3. The van der Waals surface area contributed by atoms with Crippen LogP contribution >= 0.6 is 23.9 Å². The van der Waals surface area contributed by atoms with E-state index in [0.29, 0.717) is 10.9 Å². The van der Waals surface area contributed by atoms with Gasteiger partial charge in [-0.05, 0) is 29.9 Å². The van der Waals surface area contributed by atoms with Crippen LogP contribution in [0.4, 0.5) is 5.69 Å². The Morgan fingerprint density at radius 3 is 1.52 bits per heavy atom. The van der Waals surface area contributed by atoms with E-state index in [4.69, 9.17) is 5.11 Å². The van der Waals surface area contributed by atoms with Gasteiger partial charge in [0.25, 0.3) is 5.69 Å². The Balaban J connectivity index is 0.000000196. The molecule has 4 aromatic rings. The highest BCUT2D eigenvalue weighted by Crippen LogP contribution is 2.32. The summed E-state index contributed by atoms with van der Waals surface area (Å²) in [4.78, 5) is 9.79. The van der Waals surface area contributed by atoms with E-state index in [9.17, 15) is 10.1 Å². The zero-order valence-electron chi connectivity index (χ0n) is 16.6. The van der Waals surface area contributed by atoms with Gasteiger partial charge in [-0.15, -0.1) is 0 Å². The first-order valence-electron chi connectivity index (χ1n) is 9.57. The van der Waals surface area contributed by atoms with Gasteiger partial charge in [-0.25, -0.2) is 0 Å². The molecule has 4 aromatic carbocycles. The highest BCUT2D eigenvalue weighted by atomic mass is 79.9. The molecule has 0 aliphatic carbocycles. The SMILES string of the molecule is O=[N+]([O-])c1ccc(O)c(CBr)c1.c1ccc(P(c2ccccc2)c2ccccc2)cc1. The maximum Gasteiger partial charge on any atom is 0.270 e. The molecule has 0 unspecified atom stereocenters. The number of non-ortho nitro benzene ring substituents is 1. The maximum absolute atomic E-state index is 10.3. The van der Waals surface area contributed by atoms with Crippen LogP contribution in [0.2, 0.25) is 0 Å². The minimum Gasteiger partial charge on any atom is -0.508 e. The smallest absolute Gasteiger partial charge is 0.270 e. The molecule has 1 N–H and O–H groups in total. The quantitative estimate of drug-likeness (QED) is 0.169. The van der Waals surface area contributed by atoms with Crippen molar-refractivity contribution in [3.8, 4) is 5.75 Å². The molecule has 0 amide bonds. The van der Waals surface area contributed by atoms with E-state index >= 15 is 0 Å². The number of alkyl halides is 1. The third-order valence-electron chi connectivity index (χ3n) is 4.46. The molecule has 0 saturated heterocycles. The molecule has 0 spiro atoms. The van der Waals surface area contributed by atoms with Gasteiger partial charge < -0.3 is 5.11 Å². The maximum atomic E-state index is 10.3. The summed E-state index contributed by atoms with van der Waals surface area (Å²) in [6.45, 7) is 0. The average molecular weight is 494 g/mol. The van der Waals surface area contributed by atoms with Gasteiger partial charge in [-0.3, -0.25) is 10.1 Å². The fourth-order valence-electron chi connectivity index (χ4n) is 2.97. The van der Waals surface area contributed by atoms with Crippen molar-refractivity contribution >= 4 is 45.5 Å². The van der Waals surface area contributed by atoms with Crippen LogP contribution in [0, 0.1) is 10.1 Å². The Bertz CT molecular complexity index is 1020. The van der Waals surface area contributed by atoms with E-state index in [2.05, 4.69) is 107 Å². The van der Waals surface area contributed by atoms with Gasteiger partial charge in [-0.2, -0.15) is 0 Å². The second-order valence-corrected chi connectivity index (χ2v) is 9.33. The largest absolute Gasteiger partial charge is 0.508 e. The van der Waals surface area contributed by atoms with Crippen LogP contribution in [0.3, 0.4) is 0 Å². The fourth-order valence-corrected chi connectivity index (χ4v) is 5.73. The molecule has 4 nitrogen and oxygen atoms in total. The molecule has 0 aliphatic heterocycles. The van der Waals surface area contributed by atoms with Crippen molar-refractivity contribution in [3.05, 3.63) is 125 Å². The van der Waals surface area contributed by atoms with E-state index in [0.717, 1.165) is 0 Å². The van der Waals surface area contributed by atoms with Gasteiger partial charge in [-0.1, -0.05) is 107 Å². The van der Waals surface area contributed by atoms with Crippen LogP contribution in [-0.4, -0.2) is 10.0 Å². The van der Waals surface area contributed by atoms with Gasteiger partial charge in [0.2, 0.25) is 0 Å². The standard InChI is InChI=1S/C18H15P.C7H6BrNO3/c1-4-10-16(11-5-1)19(17-12-6-2-7-13-17)18-14-8-3-9-15-18;8-4-5-3-6(9(11)12)1-2-7(5)10/h1-15H;1-3,10H,4H2. The summed E-state index contributed by atoms with van der Waals surface area (Å²) in [7, 11) is -0.446. The second-order valence-electron chi connectivity index (χ2n) is 6.55. The summed E-state index contributed by atoms with van der Waals surface area (Å²) >= 11 is 3.11. The minimum atomic E-state index is -0.494. The Labute approximate surface area is 191 Å². The average Bonchev–Trinajstić information content (AvgIpc) is 2.82. The Morgan fingerprint density at radius 2 is 1.16 bits per heavy atom. The number of hydrogen-bond donors (Lipinski definition) is 1. The van der Waals surface area contributed by atoms with E-state index in [-0.39, 0.29) is 11.4 Å². The lowest BCUT2D eigenvalue weighted by molar-refractivity contribution is -0.384. The van der Waals surface area contributed by atoms with Crippen LogP contribution in [0.5, 0.6) is 5.75 Å². The summed E-state index contributed by atoms with van der Waals surface area (Å²) in [5.74, 6) is 0.0671. The molecule has 0 heterocycles. The number of aromatic hydroxyl groups is 1. The van der Waals surface area contributed by atoms with Crippen LogP contribution in [-0.2, 0) is 5.33 Å². The van der Waals surface area contributed by atoms with Gasteiger partial charge in [0.05, 0.1) is 4.92 Å². The zero-order valence-corrected chi connectivity index (χ0v) is 19.1. The summed E-state index contributed by atoms with van der Waals surface area (Å²) in [5, 5.41) is 24.1. The molecule has 0 aliphatic rings. The fraction of sp³-hybridized carbons (Fsp3) is 0.0400. The minimum absolute atomic E-state index is 0.0118. The molecule has 0 fully saturated rings. The summed E-state index contributed by atoms with van der Waals surface area (Å²) < 4.78 is 0. The van der Waals surface area contributed by atoms with Gasteiger partial charge >= 0.3 is 0 Å². The predicted octanol–water partition coefficient (Wildman–Crippen LogP) is 5.64. The lowest BCUT2D eigenvalue weighted by atomic mass is 10.2. The van der Waals surface area contributed by atoms with Gasteiger partial charge in [0.1, 0.15) is 5.75 Å². The molecule has 31 heavy (non-hydrogen) atoms. The topological polar surface area (TPSA) is 63.4 Å². The first kappa shape index (κ1) is 22.7. The highest BCUT2D eigenvalue weighted by Gasteiger charge is 2.15.